The quantitative estimate of drug-likeness (QED) is 0.571. The normalized spacial score (nSPS) is 18.1. The first kappa shape index (κ1) is 22.5. The largest absolute Gasteiger partial charge is 0.394 e. The molecule has 6 heteroatoms. The molecule has 3 unspecified atom stereocenters. The molecule has 3 atom stereocenters. The highest BCUT2D eigenvalue weighted by Gasteiger charge is 2.27. The number of hydrogen-bond donors (Lipinski definition) is 3. The van der Waals surface area contributed by atoms with Crippen molar-refractivity contribution >= 4 is 18.5 Å². The van der Waals surface area contributed by atoms with Crippen molar-refractivity contribution in [1.82, 2.24) is 10.6 Å². The van der Waals surface area contributed by atoms with Crippen molar-refractivity contribution in [3.05, 3.63) is 35.4 Å². The zero-order chi connectivity index (χ0) is 20.7. The third-order valence-electron chi connectivity index (χ3n) is 5.61. The van der Waals surface area contributed by atoms with E-state index in [1.807, 2.05) is 6.07 Å². The summed E-state index contributed by atoms with van der Waals surface area (Å²) < 4.78 is 0. The van der Waals surface area contributed by atoms with Gasteiger partial charge in [0.05, 0.1) is 6.61 Å². The van der Waals surface area contributed by atoms with Gasteiger partial charge in [-0.15, -0.1) is 0 Å². The fourth-order valence-electron chi connectivity index (χ4n) is 3.95. The van der Waals surface area contributed by atoms with Crippen LogP contribution in [0.5, 0.6) is 0 Å². The van der Waals surface area contributed by atoms with E-state index in [-0.39, 0.29) is 23.7 Å². The van der Waals surface area contributed by atoms with E-state index >= 15 is 0 Å². The molecule has 2 amide bonds. The van der Waals surface area contributed by atoms with E-state index in [0.717, 1.165) is 25.7 Å². The molecule has 2 rings (SSSR count). The number of benzene rings is 1. The van der Waals surface area contributed by atoms with Crippen LogP contribution in [0.15, 0.2) is 24.3 Å². The van der Waals surface area contributed by atoms with Gasteiger partial charge in [0.15, 0.2) is 6.71 Å². The summed E-state index contributed by atoms with van der Waals surface area (Å²) in [6.07, 6.45) is 4.12. The van der Waals surface area contributed by atoms with Crippen LogP contribution in [0, 0.1) is 11.8 Å². The molecular formula is C22H35BN2O3. The third-order valence-corrected chi connectivity index (χ3v) is 5.61. The summed E-state index contributed by atoms with van der Waals surface area (Å²) in [4.78, 5) is 25.1. The monoisotopic (exact) mass is 386 g/mol. The van der Waals surface area contributed by atoms with E-state index in [0.29, 0.717) is 19.1 Å². The summed E-state index contributed by atoms with van der Waals surface area (Å²) in [6.45, 7) is 8.28. The Morgan fingerprint density at radius 2 is 1.86 bits per heavy atom. The number of hydrogen-bond acceptors (Lipinski definition) is 3. The number of fused-ring (bicyclic) bond motifs is 1. The van der Waals surface area contributed by atoms with Gasteiger partial charge in [-0.3, -0.25) is 9.59 Å². The van der Waals surface area contributed by atoms with Crippen molar-refractivity contribution < 1.29 is 14.7 Å². The van der Waals surface area contributed by atoms with Crippen molar-refractivity contribution in [3.8, 4) is 0 Å². The minimum Gasteiger partial charge on any atom is -0.394 e. The molecule has 0 heterocycles. The standard InChI is InChI=1S/C22H35BN2O3/c1-15(2)11-20(23(3)4)25-22(28)19(14-26)24-21(27)13-16-9-10-17-7-5-6-8-18(17)12-16/h5-8,15-16,19-20,26H,9-14H2,1-4H3,(H,24,27)(H,25,28). The van der Waals surface area contributed by atoms with Crippen LogP contribution in [0.2, 0.25) is 13.6 Å². The van der Waals surface area contributed by atoms with Crippen molar-refractivity contribution in [2.24, 2.45) is 11.8 Å². The summed E-state index contributed by atoms with van der Waals surface area (Å²) in [6, 6.07) is 7.48. The Morgan fingerprint density at radius 3 is 2.46 bits per heavy atom. The molecule has 0 spiro atoms. The van der Waals surface area contributed by atoms with Crippen molar-refractivity contribution in [1.29, 1.82) is 0 Å². The lowest BCUT2D eigenvalue weighted by molar-refractivity contribution is -0.130. The van der Waals surface area contributed by atoms with Crippen LogP contribution in [-0.4, -0.2) is 42.2 Å². The highest BCUT2D eigenvalue weighted by molar-refractivity contribution is 6.57. The average molecular weight is 386 g/mol. The fraction of sp³-hybridized carbons (Fsp3) is 0.636. The van der Waals surface area contributed by atoms with Gasteiger partial charge in [0.1, 0.15) is 6.04 Å². The number of carbonyl (C=O) groups is 2. The summed E-state index contributed by atoms with van der Waals surface area (Å²) in [5.74, 6) is 0.312. The number of aliphatic hydroxyl groups is 1. The number of aryl methyl sites for hydroxylation is 1. The van der Waals surface area contributed by atoms with E-state index in [2.05, 4.69) is 56.3 Å². The molecule has 1 aromatic carbocycles. The minimum atomic E-state index is -0.892. The van der Waals surface area contributed by atoms with Gasteiger partial charge in [-0.2, -0.15) is 0 Å². The van der Waals surface area contributed by atoms with Crippen LogP contribution in [0.1, 0.15) is 44.2 Å². The molecule has 154 valence electrons. The Hall–Kier alpha value is -1.82. The lowest BCUT2D eigenvalue weighted by Crippen LogP contribution is -2.54. The summed E-state index contributed by atoms with van der Waals surface area (Å²) >= 11 is 0. The summed E-state index contributed by atoms with van der Waals surface area (Å²) in [7, 11) is 0. The molecule has 0 fully saturated rings. The molecule has 0 saturated carbocycles. The first-order chi connectivity index (χ1) is 13.3. The van der Waals surface area contributed by atoms with E-state index in [1.54, 1.807) is 0 Å². The van der Waals surface area contributed by atoms with Crippen molar-refractivity contribution in [3.63, 3.8) is 0 Å². The maximum Gasteiger partial charge on any atom is 0.244 e. The topological polar surface area (TPSA) is 78.4 Å². The molecular weight excluding hydrogens is 351 g/mol. The molecule has 0 aliphatic heterocycles. The van der Waals surface area contributed by atoms with Crippen LogP contribution in [0.3, 0.4) is 0 Å². The molecule has 0 radical (unpaired) electrons. The van der Waals surface area contributed by atoms with Crippen molar-refractivity contribution in [2.45, 2.75) is 71.6 Å². The highest BCUT2D eigenvalue weighted by Crippen LogP contribution is 2.27. The Bertz CT molecular complexity index is 663. The third kappa shape index (κ3) is 6.66. The minimum absolute atomic E-state index is 0.0355. The first-order valence-electron chi connectivity index (χ1n) is 10.6. The number of carbonyl (C=O) groups excluding carboxylic acids is 2. The maximum atomic E-state index is 12.6. The number of rotatable bonds is 9. The van der Waals surface area contributed by atoms with Gasteiger partial charge in [0.25, 0.3) is 0 Å². The zero-order valence-electron chi connectivity index (χ0n) is 17.7. The molecule has 0 saturated heterocycles. The Balaban J connectivity index is 1.87. The van der Waals surface area contributed by atoms with Gasteiger partial charge in [-0.25, -0.2) is 0 Å². The lowest BCUT2D eigenvalue weighted by Gasteiger charge is -2.27. The van der Waals surface area contributed by atoms with Gasteiger partial charge in [-0.05, 0) is 48.6 Å². The van der Waals surface area contributed by atoms with Gasteiger partial charge in [-0.1, -0.05) is 51.8 Å². The molecule has 3 N–H and O–H groups in total. The van der Waals surface area contributed by atoms with Crippen LogP contribution in [0.4, 0.5) is 0 Å². The zero-order valence-corrected chi connectivity index (χ0v) is 17.7. The van der Waals surface area contributed by atoms with Gasteiger partial charge < -0.3 is 15.7 Å². The SMILES string of the molecule is CB(C)C(CC(C)C)NC(=O)C(CO)NC(=O)CC1CCc2ccccc2C1. The smallest absolute Gasteiger partial charge is 0.244 e. The highest BCUT2D eigenvalue weighted by atomic mass is 16.3. The Morgan fingerprint density at radius 1 is 1.18 bits per heavy atom. The first-order valence-corrected chi connectivity index (χ1v) is 10.6. The van der Waals surface area contributed by atoms with E-state index in [9.17, 15) is 14.7 Å². The van der Waals surface area contributed by atoms with Crippen molar-refractivity contribution in [2.75, 3.05) is 6.61 Å². The molecule has 1 aliphatic rings. The predicted octanol–water partition coefficient (Wildman–Crippen LogP) is 2.48. The van der Waals surface area contributed by atoms with Gasteiger partial charge >= 0.3 is 0 Å². The second-order valence-corrected chi connectivity index (χ2v) is 8.87. The molecule has 5 nitrogen and oxygen atoms in total. The van der Waals surface area contributed by atoms with Crippen LogP contribution in [-0.2, 0) is 22.4 Å². The fourth-order valence-corrected chi connectivity index (χ4v) is 3.95. The summed E-state index contributed by atoms with van der Waals surface area (Å²) in [5, 5.41) is 15.4. The van der Waals surface area contributed by atoms with E-state index in [1.165, 1.54) is 11.1 Å². The molecule has 0 aromatic heterocycles. The Kier molecular flexibility index (Phi) is 8.55. The van der Waals surface area contributed by atoms with Crippen LogP contribution < -0.4 is 10.6 Å². The number of aliphatic hydroxyl groups excluding tert-OH is 1. The van der Waals surface area contributed by atoms with Gasteiger partial charge in [0, 0.05) is 12.4 Å². The summed E-state index contributed by atoms with van der Waals surface area (Å²) in [5.41, 5.74) is 2.69. The van der Waals surface area contributed by atoms with Crippen LogP contribution >= 0.6 is 0 Å². The number of amides is 2. The van der Waals surface area contributed by atoms with Gasteiger partial charge in [0.2, 0.25) is 11.8 Å². The molecule has 1 aromatic rings. The molecule has 28 heavy (non-hydrogen) atoms. The maximum absolute atomic E-state index is 12.6. The predicted molar refractivity (Wildman–Crippen MR) is 114 cm³/mol. The second kappa shape index (κ2) is 10.7. The molecule has 1 aliphatic carbocycles. The number of nitrogens with one attached hydrogen (secondary N) is 2. The average Bonchev–Trinajstić information content (AvgIpc) is 2.64. The van der Waals surface area contributed by atoms with Crippen LogP contribution in [0.25, 0.3) is 0 Å². The van der Waals surface area contributed by atoms with E-state index in [4.69, 9.17) is 0 Å². The lowest BCUT2D eigenvalue weighted by atomic mass is 9.47. The second-order valence-electron chi connectivity index (χ2n) is 8.87. The molecule has 0 bridgehead atoms. The Labute approximate surface area is 169 Å². The van der Waals surface area contributed by atoms with E-state index < -0.39 is 12.6 Å².